The summed E-state index contributed by atoms with van der Waals surface area (Å²) < 4.78 is 35.3. The number of nitrogens with zero attached hydrogens (tertiary/aromatic N) is 2. The minimum atomic E-state index is -3.90. The van der Waals surface area contributed by atoms with Gasteiger partial charge in [-0.05, 0) is 42.3 Å². The number of esters is 1. The topological polar surface area (TPSA) is 130 Å². The van der Waals surface area contributed by atoms with E-state index in [9.17, 15) is 18.0 Å². The van der Waals surface area contributed by atoms with Crippen LogP contribution in [0.1, 0.15) is 11.1 Å². The number of benzene rings is 2. The summed E-state index contributed by atoms with van der Waals surface area (Å²) in [6, 6.07) is 9.65. The van der Waals surface area contributed by atoms with Crippen molar-refractivity contribution in [3.8, 4) is 5.75 Å². The lowest BCUT2D eigenvalue weighted by Gasteiger charge is -2.06. The number of ether oxygens (including phenoxy) is 2. The monoisotopic (exact) mass is 463 g/mol. The Morgan fingerprint density at radius 2 is 1.90 bits per heavy atom. The lowest BCUT2D eigenvalue weighted by molar-refractivity contribution is -0.141. The van der Waals surface area contributed by atoms with Crippen LogP contribution in [0.5, 0.6) is 5.75 Å². The van der Waals surface area contributed by atoms with E-state index >= 15 is 0 Å². The first-order valence-corrected chi connectivity index (χ1v) is 11.4. The van der Waals surface area contributed by atoms with Crippen molar-refractivity contribution in [2.24, 2.45) is 10.1 Å². The van der Waals surface area contributed by atoms with Crippen molar-refractivity contribution >= 4 is 43.5 Å². The molecule has 2 aromatic carbocycles. The Kier molecular flexibility index (Phi) is 6.58. The van der Waals surface area contributed by atoms with Gasteiger partial charge in [0.1, 0.15) is 12.3 Å². The molecule has 0 saturated carbocycles. The summed E-state index contributed by atoms with van der Waals surface area (Å²) in [5.41, 5.74) is 2.20. The molecular formula is C20H21N3O6S2. The van der Waals surface area contributed by atoms with Crippen LogP contribution in [0.15, 0.2) is 46.3 Å². The number of aromatic nitrogens is 1. The largest absolute Gasteiger partial charge is 0.496 e. The molecule has 11 heteroatoms. The number of primary sulfonamides is 1. The van der Waals surface area contributed by atoms with Crippen LogP contribution in [0, 0.1) is 6.92 Å². The second-order valence-electron chi connectivity index (χ2n) is 6.71. The van der Waals surface area contributed by atoms with Gasteiger partial charge in [0.05, 0.1) is 35.8 Å². The molecule has 0 radical (unpaired) electrons. The highest BCUT2D eigenvalue weighted by atomic mass is 32.2. The SMILES string of the molecule is COC(=O)Cn1c(=NC(=O)Cc2ccc(OC)c(C)c2)sc2cc(S(N)(=O)=O)ccc21. The van der Waals surface area contributed by atoms with Crippen LogP contribution in [0.25, 0.3) is 10.2 Å². The number of hydrogen-bond acceptors (Lipinski definition) is 7. The summed E-state index contributed by atoms with van der Waals surface area (Å²) in [7, 11) is -1.07. The van der Waals surface area contributed by atoms with Crippen LogP contribution in [0.4, 0.5) is 0 Å². The molecule has 31 heavy (non-hydrogen) atoms. The molecule has 164 valence electrons. The smallest absolute Gasteiger partial charge is 0.325 e. The average Bonchev–Trinajstić information content (AvgIpc) is 3.03. The lowest BCUT2D eigenvalue weighted by Crippen LogP contribution is -2.22. The number of methoxy groups -OCH3 is 2. The molecule has 3 aromatic rings. The van der Waals surface area contributed by atoms with E-state index < -0.39 is 21.9 Å². The molecular weight excluding hydrogens is 442 g/mol. The Labute approximate surface area is 182 Å². The van der Waals surface area contributed by atoms with Gasteiger partial charge in [-0.2, -0.15) is 4.99 Å². The quantitative estimate of drug-likeness (QED) is 0.552. The summed E-state index contributed by atoms with van der Waals surface area (Å²) in [5, 5.41) is 5.20. The minimum absolute atomic E-state index is 0.0553. The molecule has 0 fully saturated rings. The van der Waals surface area contributed by atoms with Crippen molar-refractivity contribution in [3.63, 3.8) is 0 Å². The summed E-state index contributed by atoms with van der Waals surface area (Å²) in [6.07, 6.45) is 0.0553. The Morgan fingerprint density at radius 1 is 1.16 bits per heavy atom. The molecule has 0 saturated heterocycles. The number of amides is 1. The van der Waals surface area contributed by atoms with E-state index in [0.29, 0.717) is 10.2 Å². The van der Waals surface area contributed by atoms with Crippen LogP contribution in [-0.2, 0) is 37.3 Å². The highest BCUT2D eigenvalue weighted by Gasteiger charge is 2.15. The molecule has 2 N–H and O–H groups in total. The van der Waals surface area contributed by atoms with Gasteiger partial charge in [0.25, 0.3) is 5.91 Å². The van der Waals surface area contributed by atoms with Gasteiger partial charge in [-0.3, -0.25) is 9.59 Å². The molecule has 0 aliphatic heterocycles. The highest BCUT2D eigenvalue weighted by Crippen LogP contribution is 2.22. The number of thiazole rings is 1. The predicted octanol–water partition coefficient (Wildman–Crippen LogP) is 1.51. The predicted molar refractivity (Wildman–Crippen MR) is 115 cm³/mol. The van der Waals surface area contributed by atoms with Crippen molar-refractivity contribution in [2.75, 3.05) is 14.2 Å². The molecule has 1 heterocycles. The third kappa shape index (κ3) is 5.19. The Bertz CT molecular complexity index is 1340. The zero-order valence-electron chi connectivity index (χ0n) is 17.1. The van der Waals surface area contributed by atoms with Crippen molar-refractivity contribution in [2.45, 2.75) is 24.8 Å². The summed E-state index contributed by atoms with van der Waals surface area (Å²) >= 11 is 1.08. The second-order valence-corrected chi connectivity index (χ2v) is 9.28. The van der Waals surface area contributed by atoms with E-state index in [4.69, 9.17) is 14.6 Å². The van der Waals surface area contributed by atoms with Gasteiger partial charge >= 0.3 is 5.97 Å². The van der Waals surface area contributed by atoms with Gasteiger partial charge in [0.15, 0.2) is 4.80 Å². The van der Waals surface area contributed by atoms with Gasteiger partial charge in [-0.25, -0.2) is 13.6 Å². The zero-order valence-corrected chi connectivity index (χ0v) is 18.7. The Balaban J connectivity index is 2.04. The van der Waals surface area contributed by atoms with Crippen LogP contribution in [-0.4, -0.2) is 39.1 Å². The van der Waals surface area contributed by atoms with E-state index in [1.54, 1.807) is 19.2 Å². The highest BCUT2D eigenvalue weighted by molar-refractivity contribution is 7.89. The first-order chi connectivity index (χ1) is 14.6. The molecule has 0 aliphatic carbocycles. The number of rotatable bonds is 6. The first kappa shape index (κ1) is 22.7. The Morgan fingerprint density at radius 3 is 2.52 bits per heavy atom. The fourth-order valence-electron chi connectivity index (χ4n) is 3.03. The molecule has 1 aromatic heterocycles. The van der Waals surface area contributed by atoms with E-state index in [1.165, 1.54) is 29.9 Å². The van der Waals surface area contributed by atoms with Crippen molar-refractivity contribution < 1.29 is 27.5 Å². The zero-order chi connectivity index (χ0) is 22.8. The molecule has 9 nitrogen and oxygen atoms in total. The first-order valence-electron chi connectivity index (χ1n) is 9.06. The number of sulfonamides is 1. The van der Waals surface area contributed by atoms with Gasteiger partial charge in [0.2, 0.25) is 10.0 Å². The minimum Gasteiger partial charge on any atom is -0.496 e. The van der Waals surface area contributed by atoms with Crippen molar-refractivity contribution in [3.05, 3.63) is 52.3 Å². The molecule has 3 rings (SSSR count). The maximum absolute atomic E-state index is 12.6. The fraction of sp³-hybridized carbons (Fsp3) is 0.250. The van der Waals surface area contributed by atoms with Gasteiger partial charge in [-0.1, -0.05) is 23.5 Å². The number of nitrogens with two attached hydrogens (primary N) is 1. The molecule has 0 unspecified atom stereocenters. The summed E-state index contributed by atoms with van der Waals surface area (Å²) in [4.78, 5) is 28.9. The van der Waals surface area contributed by atoms with E-state index in [1.807, 2.05) is 13.0 Å². The van der Waals surface area contributed by atoms with Crippen molar-refractivity contribution in [1.29, 1.82) is 0 Å². The fourth-order valence-corrected chi connectivity index (χ4v) is 4.73. The number of carbonyl (C=O) groups excluding carboxylic acids is 2. The summed E-state index contributed by atoms with van der Waals surface area (Å²) in [5.74, 6) is -0.226. The molecule has 1 amide bonds. The number of carbonyl (C=O) groups is 2. The van der Waals surface area contributed by atoms with Crippen molar-refractivity contribution in [1.82, 2.24) is 4.57 Å². The van der Waals surface area contributed by atoms with Gasteiger partial charge < -0.3 is 14.0 Å². The molecule has 0 atom stereocenters. The normalized spacial score (nSPS) is 12.2. The van der Waals surface area contributed by atoms with E-state index in [0.717, 1.165) is 28.2 Å². The van der Waals surface area contributed by atoms with Crippen LogP contribution in [0.2, 0.25) is 0 Å². The Hall–Kier alpha value is -3.02. The number of fused-ring (bicyclic) bond motifs is 1. The standard InChI is InChI=1S/C20H21N3O6S2/c1-12-8-13(4-7-16(12)28-2)9-18(24)22-20-23(11-19(25)29-3)15-6-5-14(31(21,26)27)10-17(15)30-20/h4-8,10H,9,11H2,1-3H3,(H2,21,26,27). The molecule has 0 bridgehead atoms. The molecule has 0 aliphatic rings. The number of aryl methyl sites for hydroxylation is 1. The van der Waals surface area contributed by atoms with Gasteiger partial charge in [0, 0.05) is 0 Å². The molecule has 0 spiro atoms. The third-order valence-electron chi connectivity index (χ3n) is 4.53. The van der Waals surface area contributed by atoms with E-state index in [2.05, 4.69) is 4.99 Å². The van der Waals surface area contributed by atoms with E-state index in [-0.39, 0.29) is 22.7 Å². The average molecular weight is 464 g/mol. The van der Waals surface area contributed by atoms with Crippen LogP contribution in [0.3, 0.4) is 0 Å². The van der Waals surface area contributed by atoms with Gasteiger partial charge in [-0.15, -0.1) is 0 Å². The lowest BCUT2D eigenvalue weighted by atomic mass is 10.1. The maximum Gasteiger partial charge on any atom is 0.325 e. The number of hydrogen-bond donors (Lipinski definition) is 1. The summed E-state index contributed by atoms with van der Waals surface area (Å²) in [6.45, 7) is 1.70. The van der Waals surface area contributed by atoms with Crippen LogP contribution >= 0.6 is 11.3 Å². The maximum atomic E-state index is 12.6. The third-order valence-corrected chi connectivity index (χ3v) is 6.48. The second kappa shape index (κ2) is 9.00. The van der Waals surface area contributed by atoms with Crippen LogP contribution < -0.4 is 14.7 Å².